The van der Waals surface area contributed by atoms with Crippen LogP contribution in [0.5, 0.6) is 0 Å². The molecule has 2 aromatic carbocycles. The van der Waals surface area contributed by atoms with Gasteiger partial charge in [0.05, 0.1) is 16.9 Å². The molecule has 0 aliphatic rings. The van der Waals surface area contributed by atoms with Gasteiger partial charge in [-0.3, -0.25) is 10.1 Å². The van der Waals surface area contributed by atoms with Crippen molar-refractivity contribution >= 4 is 40.7 Å². The summed E-state index contributed by atoms with van der Waals surface area (Å²) in [6, 6.07) is 14.6. The van der Waals surface area contributed by atoms with Crippen molar-refractivity contribution in [2.45, 2.75) is 16.7 Å². The van der Waals surface area contributed by atoms with Gasteiger partial charge in [0, 0.05) is 39.7 Å². The van der Waals surface area contributed by atoms with Gasteiger partial charge in [0.1, 0.15) is 0 Å². The first-order valence-corrected chi connectivity index (χ1v) is 10.1. The van der Waals surface area contributed by atoms with Gasteiger partial charge in [-0.25, -0.2) is 0 Å². The monoisotopic (exact) mass is 400 g/mol. The summed E-state index contributed by atoms with van der Waals surface area (Å²) < 4.78 is 0. The molecule has 0 radical (unpaired) electrons. The van der Waals surface area contributed by atoms with Gasteiger partial charge in [-0.1, -0.05) is 55.3 Å². The Morgan fingerprint density at radius 3 is 2.83 bits per heavy atom. The maximum absolute atomic E-state index is 4.44. The Morgan fingerprint density at radius 2 is 2.07 bits per heavy atom. The van der Waals surface area contributed by atoms with Crippen LogP contribution in [0, 0.1) is 0 Å². The van der Waals surface area contributed by atoms with E-state index in [0.29, 0.717) is 0 Å². The minimum Gasteiger partial charge on any atom is -0.388 e. The lowest BCUT2D eigenvalue weighted by molar-refractivity contribution is 1.10. The number of H-pyrrole nitrogens is 1. The molecule has 2 N–H and O–H groups in total. The van der Waals surface area contributed by atoms with Gasteiger partial charge in [-0.05, 0) is 43.3 Å². The topological polar surface area (TPSA) is 53.1 Å². The third-order valence-corrected chi connectivity index (χ3v) is 5.41. The van der Waals surface area contributed by atoms with Crippen molar-refractivity contribution in [1.29, 1.82) is 0 Å². The Kier molecular flexibility index (Phi) is 6.87. The fourth-order valence-electron chi connectivity index (χ4n) is 2.79. The first-order valence-electron chi connectivity index (χ1n) is 9.27. The molecule has 29 heavy (non-hydrogen) atoms. The highest BCUT2D eigenvalue weighted by atomic mass is 32.2. The molecule has 3 rings (SSSR count). The Hall–Kier alpha value is -3.31. The number of benzene rings is 2. The number of aliphatic imine (C=N–C) groups is 1. The summed E-state index contributed by atoms with van der Waals surface area (Å²) in [6.45, 7) is 9.69. The molecule has 0 unspecified atom stereocenters. The van der Waals surface area contributed by atoms with Gasteiger partial charge in [0.25, 0.3) is 0 Å². The van der Waals surface area contributed by atoms with E-state index in [9.17, 15) is 0 Å². The number of nitrogens with zero attached hydrogens (tertiary/aromatic N) is 2. The molecule has 146 valence electrons. The zero-order valence-electron chi connectivity index (χ0n) is 16.6. The summed E-state index contributed by atoms with van der Waals surface area (Å²) in [5.41, 5.74) is 4.74. The Morgan fingerprint density at radius 1 is 1.24 bits per heavy atom. The van der Waals surface area contributed by atoms with Crippen LogP contribution in [0.2, 0.25) is 0 Å². The molecule has 0 atom stereocenters. The number of aromatic nitrogens is 2. The Balaban J connectivity index is 1.86. The quantitative estimate of drug-likeness (QED) is 0.356. The van der Waals surface area contributed by atoms with Crippen LogP contribution in [-0.4, -0.2) is 23.5 Å². The van der Waals surface area contributed by atoms with Gasteiger partial charge in [-0.2, -0.15) is 5.10 Å². The van der Waals surface area contributed by atoms with E-state index in [1.165, 1.54) is 0 Å². The maximum Gasteiger partial charge on any atom is 0.0928 e. The largest absolute Gasteiger partial charge is 0.388 e. The van der Waals surface area contributed by atoms with E-state index < -0.39 is 0 Å². The van der Waals surface area contributed by atoms with Crippen molar-refractivity contribution in [1.82, 2.24) is 15.5 Å². The Bertz CT molecular complexity index is 1120. The molecule has 0 aliphatic carbocycles. The first-order chi connectivity index (χ1) is 14.2. The van der Waals surface area contributed by atoms with E-state index in [-0.39, 0.29) is 0 Å². The van der Waals surface area contributed by atoms with Crippen LogP contribution >= 0.6 is 11.8 Å². The van der Waals surface area contributed by atoms with Gasteiger partial charge >= 0.3 is 0 Å². The van der Waals surface area contributed by atoms with E-state index in [1.807, 2.05) is 44.3 Å². The van der Waals surface area contributed by atoms with Crippen LogP contribution in [0.15, 0.2) is 94.3 Å². The lowest BCUT2D eigenvalue weighted by Crippen LogP contribution is -2.03. The van der Waals surface area contributed by atoms with E-state index >= 15 is 0 Å². The molecule has 0 fully saturated rings. The summed E-state index contributed by atoms with van der Waals surface area (Å²) in [5.74, 6) is 0. The van der Waals surface area contributed by atoms with Crippen LogP contribution in [-0.2, 0) is 0 Å². The molecule has 1 aromatic heterocycles. The summed E-state index contributed by atoms with van der Waals surface area (Å²) in [7, 11) is 1.89. The molecule has 0 saturated carbocycles. The fraction of sp³-hybridized carbons (Fsp3) is 0.0833. The summed E-state index contributed by atoms with van der Waals surface area (Å²) in [6.07, 6.45) is 9.18. The Labute approximate surface area is 175 Å². The average Bonchev–Trinajstić information content (AvgIpc) is 3.16. The number of fused-ring (bicyclic) bond motifs is 1. The fourth-order valence-corrected chi connectivity index (χ4v) is 3.81. The predicted molar refractivity (Wildman–Crippen MR) is 126 cm³/mol. The van der Waals surface area contributed by atoms with Gasteiger partial charge in [0.2, 0.25) is 0 Å². The smallest absolute Gasteiger partial charge is 0.0928 e. The van der Waals surface area contributed by atoms with E-state index in [0.717, 1.165) is 43.3 Å². The first kappa shape index (κ1) is 20.4. The van der Waals surface area contributed by atoms with Crippen molar-refractivity contribution < 1.29 is 0 Å². The predicted octanol–water partition coefficient (Wildman–Crippen LogP) is 6.08. The number of rotatable bonds is 8. The highest BCUT2D eigenvalue weighted by Crippen LogP contribution is 2.34. The number of aromatic amines is 1. The molecular formula is C24H24N4S. The van der Waals surface area contributed by atoms with E-state index in [1.54, 1.807) is 24.1 Å². The standard InChI is InChI=1S/C24H24N4S/c1-5-15-26-18(6-2)11-14-22-21-13-12-19(16-23(21)28-27-22)29-24-10-8-7-9-20(24)17(3)25-4/h5-16,25H,1,3H2,2,4H3,(H,27,28)/b14-11+,18-6-,26-15?. The molecular weight excluding hydrogens is 376 g/mol. The molecule has 1 heterocycles. The second-order valence-corrected chi connectivity index (χ2v) is 7.32. The molecule has 5 heteroatoms. The second kappa shape index (κ2) is 9.75. The highest BCUT2D eigenvalue weighted by molar-refractivity contribution is 7.99. The van der Waals surface area contributed by atoms with Gasteiger partial charge < -0.3 is 5.32 Å². The van der Waals surface area contributed by atoms with Crippen LogP contribution in [0.25, 0.3) is 22.7 Å². The number of allylic oxidation sites excluding steroid dienone is 3. The molecule has 0 spiro atoms. The third-order valence-electron chi connectivity index (χ3n) is 4.34. The average molecular weight is 401 g/mol. The van der Waals surface area contributed by atoms with Crippen molar-refractivity contribution in [3.63, 3.8) is 0 Å². The number of nitrogens with one attached hydrogen (secondary N) is 2. The van der Waals surface area contributed by atoms with E-state index in [2.05, 4.69) is 64.0 Å². The summed E-state index contributed by atoms with van der Waals surface area (Å²) >= 11 is 1.71. The SMILES string of the molecule is C=CC=NC(=C\C)/C=C/c1n[nH]c2cc(Sc3ccccc3C(=C)NC)ccc12. The van der Waals surface area contributed by atoms with Gasteiger partial charge in [-0.15, -0.1) is 0 Å². The molecule has 4 nitrogen and oxygen atoms in total. The maximum atomic E-state index is 4.44. The summed E-state index contributed by atoms with van der Waals surface area (Å²) in [5, 5.41) is 11.8. The molecule has 0 aliphatic heterocycles. The van der Waals surface area contributed by atoms with Crippen molar-refractivity contribution in [3.8, 4) is 0 Å². The number of hydrogen-bond acceptors (Lipinski definition) is 4. The van der Waals surface area contributed by atoms with Crippen LogP contribution < -0.4 is 5.32 Å². The van der Waals surface area contributed by atoms with Crippen LogP contribution in [0.4, 0.5) is 0 Å². The minimum atomic E-state index is 0.856. The van der Waals surface area contributed by atoms with Crippen molar-refractivity contribution in [2.24, 2.45) is 4.99 Å². The zero-order valence-corrected chi connectivity index (χ0v) is 17.5. The van der Waals surface area contributed by atoms with E-state index in [4.69, 9.17) is 0 Å². The molecule has 0 amide bonds. The van der Waals surface area contributed by atoms with Crippen LogP contribution in [0.3, 0.4) is 0 Å². The lowest BCUT2D eigenvalue weighted by atomic mass is 10.2. The third kappa shape index (κ3) is 4.95. The van der Waals surface area contributed by atoms with Crippen molar-refractivity contribution in [2.75, 3.05) is 7.05 Å². The molecule has 0 saturated heterocycles. The lowest BCUT2D eigenvalue weighted by Gasteiger charge is -2.11. The molecule has 0 bridgehead atoms. The summed E-state index contributed by atoms with van der Waals surface area (Å²) in [4.78, 5) is 6.60. The van der Waals surface area contributed by atoms with Crippen LogP contribution in [0.1, 0.15) is 18.2 Å². The normalized spacial score (nSPS) is 12.1. The number of hydrogen-bond donors (Lipinski definition) is 2. The van der Waals surface area contributed by atoms with Crippen molar-refractivity contribution in [3.05, 3.63) is 90.8 Å². The van der Waals surface area contributed by atoms with Gasteiger partial charge in [0.15, 0.2) is 0 Å². The molecule has 3 aromatic rings. The zero-order chi connectivity index (χ0) is 20.6. The minimum absolute atomic E-state index is 0.856. The highest BCUT2D eigenvalue weighted by Gasteiger charge is 2.09. The second-order valence-electron chi connectivity index (χ2n) is 6.20.